The molecule has 92 valence electrons. The van der Waals surface area contributed by atoms with Crippen LogP contribution < -0.4 is 0 Å². The molecule has 0 saturated heterocycles. The maximum atomic E-state index is 2.59. The predicted molar refractivity (Wildman–Crippen MR) is 86.4 cm³/mol. The Morgan fingerprint density at radius 3 is 1.61 bits per heavy atom. The fraction of sp³-hybridized carbons (Fsp3) is 0.294. The molecule has 18 heavy (non-hydrogen) atoms. The average Bonchev–Trinajstić information content (AvgIpc) is 2.62. The van der Waals surface area contributed by atoms with E-state index in [-0.39, 0.29) is 8.84 Å². The van der Waals surface area contributed by atoms with Crippen molar-refractivity contribution in [3.8, 4) is 11.1 Å². The lowest BCUT2D eigenvalue weighted by Gasteiger charge is -2.39. The smallest absolute Gasteiger partial charge is 0.0327 e. The standard InChI is InChI=1S/C17H17I/c1-16(2,18)17(3)14-10-6-4-8-12(14)13-9-5-7-11-15(13)17/h4-11H,1-3H3. The zero-order valence-electron chi connectivity index (χ0n) is 11.0. The molecule has 2 aromatic rings. The Bertz CT molecular complexity index is 560. The van der Waals surface area contributed by atoms with Crippen molar-refractivity contribution in [2.24, 2.45) is 0 Å². The van der Waals surface area contributed by atoms with Gasteiger partial charge in [0.05, 0.1) is 0 Å². The van der Waals surface area contributed by atoms with Crippen LogP contribution in [0.2, 0.25) is 0 Å². The van der Waals surface area contributed by atoms with Gasteiger partial charge in [-0.15, -0.1) is 0 Å². The van der Waals surface area contributed by atoms with E-state index in [0.29, 0.717) is 0 Å². The molecule has 2 aromatic carbocycles. The molecule has 0 unspecified atom stereocenters. The number of benzene rings is 2. The van der Waals surface area contributed by atoms with Gasteiger partial charge in [0.1, 0.15) is 0 Å². The molecular formula is C17H17I. The van der Waals surface area contributed by atoms with Crippen LogP contribution in [0.3, 0.4) is 0 Å². The molecule has 0 saturated carbocycles. The number of alkyl halides is 1. The van der Waals surface area contributed by atoms with Gasteiger partial charge in [0, 0.05) is 8.84 Å². The molecule has 1 aliphatic carbocycles. The van der Waals surface area contributed by atoms with Crippen LogP contribution in [0.1, 0.15) is 31.9 Å². The van der Waals surface area contributed by atoms with E-state index in [1.807, 2.05) is 0 Å². The number of hydrogen-bond acceptors (Lipinski definition) is 0. The van der Waals surface area contributed by atoms with Crippen LogP contribution in [0.25, 0.3) is 11.1 Å². The van der Waals surface area contributed by atoms with Gasteiger partial charge in [0.15, 0.2) is 0 Å². The van der Waals surface area contributed by atoms with Gasteiger partial charge >= 0.3 is 0 Å². The molecule has 0 atom stereocenters. The Hall–Kier alpha value is -0.830. The van der Waals surface area contributed by atoms with E-state index < -0.39 is 0 Å². The van der Waals surface area contributed by atoms with E-state index in [9.17, 15) is 0 Å². The molecule has 0 bridgehead atoms. The van der Waals surface area contributed by atoms with Crippen LogP contribution in [0.4, 0.5) is 0 Å². The minimum Gasteiger partial charge on any atom is -0.0781 e. The third-order valence-corrected chi connectivity index (χ3v) is 5.49. The molecule has 0 fully saturated rings. The Kier molecular flexibility index (Phi) is 2.60. The number of hydrogen-bond donors (Lipinski definition) is 0. The lowest BCUT2D eigenvalue weighted by Crippen LogP contribution is -2.39. The minimum atomic E-state index is 0.0841. The third-order valence-electron chi connectivity index (χ3n) is 4.41. The first-order valence-corrected chi connectivity index (χ1v) is 7.42. The van der Waals surface area contributed by atoms with Gasteiger partial charge in [0.25, 0.3) is 0 Å². The summed E-state index contributed by atoms with van der Waals surface area (Å²) in [5.41, 5.74) is 5.82. The number of halogens is 1. The zero-order chi connectivity index (χ0) is 13.0. The second kappa shape index (κ2) is 3.83. The van der Waals surface area contributed by atoms with Gasteiger partial charge in [-0.25, -0.2) is 0 Å². The lowest BCUT2D eigenvalue weighted by molar-refractivity contribution is 0.479. The lowest BCUT2D eigenvalue weighted by atomic mass is 9.71. The first-order valence-electron chi connectivity index (χ1n) is 6.34. The second-order valence-corrected chi connectivity index (χ2v) is 8.39. The van der Waals surface area contributed by atoms with Crippen molar-refractivity contribution < 1.29 is 0 Å². The molecular weight excluding hydrogens is 331 g/mol. The molecule has 0 nitrogen and oxygen atoms in total. The normalized spacial score (nSPS) is 16.2. The molecule has 0 aromatic heterocycles. The first kappa shape index (κ1) is 12.2. The Morgan fingerprint density at radius 1 is 0.833 bits per heavy atom. The quantitative estimate of drug-likeness (QED) is 0.492. The first-order chi connectivity index (χ1) is 8.46. The maximum Gasteiger partial charge on any atom is 0.0327 e. The molecule has 0 N–H and O–H groups in total. The number of rotatable bonds is 1. The third kappa shape index (κ3) is 1.43. The summed E-state index contributed by atoms with van der Waals surface area (Å²) in [4.78, 5) is 0. The van der Waals surface area contributed by atoms with Crippen molar-refractivity contribution in [1.29, 1.82) is 0 Å². The van der Waals surface area contributed by atoms with Gasteiger partial charge in [-0.1, -0.05) is 78.0 Å². The molecule has 0 amide bonds. The van der Waals surface area contributed by atoms with Crippen molar-refractivity contribution in [2.45, 2.75) is 29.6 Å². The molecule has 0 aliphatic heterocycles. The van der Waals surface area contributed by atoms with Crippen LogP contribution in [0.15, 0.2) is 48.5 Å². The largest absolute Gasteiger partial charge is 0.0781 e. The maximum absolute atomic E-state index is 2.59. The van der Waals surface area contributed by atoms with E-state index in [2.05, 4.69) is 91.9 Å². The highest BCUT2D eigenvalue weighted by molar-refractivity contribution is 14.1. The summed E-state index contributed by atoms with van der Waals surface area (Å²) in [7, 11) is 0. The van der Waals surface area contributed by atoms with Crippen LogP contribution in [0, 0.1) is 0 Å². The van der Waals surface area contributed by atoms with E-state index in [0.717, 1.165) is 0 Å². The van der Waals surface area contributed by atoms with E-state index in [4.69, 9.17) is 0 Å². The highest BCUT2D eigenvalue weighted by Gasteiger charge is 2.48. The van der Waals surface area contributed by atoms with Gasteiger partial charge in [-0.2, -0.15) is 0 Å². The monoisotopic (exact) mass is 348 g/mol. The van der Waals surface area contributed by atoms with E-state index in [1.54, 1.807) is 0 Å². The summed E-state index contributed by atoms with van der Waals surface area (Å²) in [5, 5.41) is 0. The molecule has 0 radical (unpaired) electrons. The Labute approximate surface area is 123 Å². The van der Waals surface area contributed by atoms with Crippen LogP contribution in [-0.2, 0) is 5.41 Å². The van der Waals surface area contributed by atoms with Crippen LogP contribution in [0.5, 0.6) is 0 Å². The predicted octanol–water partition coefficient (Wildman–Crippen LogP) is 5.19. The molecule has 0 spiro atoms. The Morgan fingerprint density at radius 2 is 1.22 bits per heavy atom. The van der Waals surface area contributed by atoms with Gasteiger partial charge in [-0.3, -0.25) is 0 Å². The summed E-state index contributed by atoms with van der Waals surface area (Å²) in [6, 6.07) is 17.7. The summed E-state index contributed by atoms with van der Waals surface area (Å²) in [6.45, 7) is 7.03. The molecule has 1 heteroatoms. The van der Waals surface area contributed by atoms with Gasteiger partial charge < -0.3 is 0 Å². The summed E-state index contributed by atoms with van der Waals surface area (Å²) >= 11 is 2.59. The summed E-state index contributed by atoms with van der Waals surface area (Å²) in [5.74, 6) is 0. The highest BCUT2D eigenvalue weighted by atomic mass is 127. The fourth-order valence-corrected chi connectivity index (χ4v) is 3.67. The van der Waals surface area contributed by atoms with Crippen LogP contribution in [-0.4, -0.2) is 3.42 Å². The topological polar surface area (TPSA) is 0 Å². The van der Waals surface area contributed by atoms with Crippen molar-refractivity contribution >= 4 is 22.6 Å². The van der Waals surface area contributed by atoms with Gasteiger partial charge in [0.2, 0.25) is 0 Å². The summed E-state index contributed by atoms with van der Waals surface area (Å²) < 4.78 is 0.174. The minimum absolute atomic E-state index is 0.0841. The number of fused-ring (bicyclic) bond motifs is 3. The second-order valence-electron chi connectivity index (χ2n) is 5.69. The van der Waals surface area contributed by atoms with Crippen molar-refractivity contribution in [2.75, 3.05) is 0 Å². The van der Waals surface area contributed by atoms with E-state index in [1.165, 1.54) is 22.3 Å². The van der Waals surface area contributed by atoms with Crippen LogP contribution >= 0.6 is 22.6 Å². The van der Waals surface area contributed by atoms with Crippen molar-refractivity contribution in [3.63, 3.8) is 0 Å². The molecule has 1 aliphatic rings. The zero-order valence-corrected chi connectivity index (χ0v) is 13.2. The highest BCUT2D eigenvalue weighted by Crippen LogP contribution is 2.56. The average molecular weight is 348 g/mol. The molecule has 0 heterocycles. The van der Waals surface area contributed by atoms with Crippen molar-refractivity contribution in [3.05, 3.63) is 59.7 Å². The van der Waals surface area contributed by atoms with Gasteiger partial charge in [-0.05, 0) is 36.1 Å². The van der Waals surface area contributed by atoms with E-state index >= 15 is 0 Å². The summed E-state index contributed by atoms with van der Waals surface area (Å²) in [6.07, 6.45) is 0. The SMILES string of the molecule is CC(C)(I)C1(C)c2ccccc2-c2ccccc21. The fourth-order valence-electron chi connectivity index (χ4n) is 3.09. The Balaban J connectivity index is 2.41. The molecule has 3 rings (SSSR count). The van der Waals surface area contributed by atoms with Crippen molar-refractivity contribution in [1.82, 2.24) is 0 Å².